The lowest BCUT2D eigenvalue weighted by molar-refractivity contribution is -0.132. The molecule has 0 aliphatic carbocycles. The van der Waals surface area contributed by atoms with Gasteiger partial charge < -0.3 is 36.1 Å². The first-order chi connectivity index (χ1) is 15.0. The Kier molecular flexibility index (Phi) is 11.2. The maximum atomic E-state index is 12.9. The van der Waals surface area contributed by atoms with Crippen molar-refractivity contribution in [3.63, 3.8) is 0 Å². The third-order valence-corrected chi connectivity index (χ3v) is 4.53. The summed E-state index contributed by atoms with van der Waals surface area (Å²) in [5.41, 5.74) is 0.774. The van der Waals surface area contributed by atoms with Gasteiger partial charge in [-0.3, -0.25) is 14.4 Å². The van der Waals surface area contributed by atoms with Gasteiger partial charge in [0.2, 0.25) is 17.7 Å². The Morgan fingerprint density at radius 2 is 1.56 bits per heavy atom. The molecule has 0 saturated heterocycles. The van der Waals surface area contributed by atoms with E-state index in [0.717, 1.165) is 5.56 Å². The largest absolute Gasteiger partial charge is 0.472 e. The minimum absolute atomic E-state index is 0.144. The molecule has 4 amide bonds. The summed E-state index contributed by atoms with van der Waals surface area (Å²) >= 11 is 0. The van der Waals surface area contributed by atoms with Crippen LogP contribution in [0.15, 0.2) is 30.3 Å². The van der Waals surface area contributed by atoms with Crippen molar-refractivity contribution in [1.82, 2.24) is 21.3 Å². The molecule has 0 heterocycles. The topological polar surface area (TPSA) is 166 Å². The quantitative estimate of drug-likeness (QED) is 0.229. The third kappa shape index (κ3) is 9.35. The highest BCUT2D eigenvalue weighted by atomic mass is 16.5. The fraction of sp³-hybridized carbons (Fsp3) is 0.500. The predicted molar refractivity (Wildman–Crippen MR) is 117 cm³/mol. The Morgan fingerprint density at radius 1 is 0.938 bits per heavy atom. The molecule has 0 radical (unpaired) electrons. The number of amides is 4. The van der Waals surface area contributed by atoms with Gasteiger partial charge in [0, 0.05) is 6.42 Å². The molecule has 0 saturated carbocycles. The van der Waals surface area contributed by atoms with Crippen molar-refractivity contribution in [1.29, 1.82) is 0 Å². The van der Waals surface area contributed by atoms with Crippen LogP contribution in [0.3, 0.4) is 0 Å². The molecule has 0 spiro atoms. The second-order valence-electron chi connectivity index (χ2n) is 7.56. The summed E-state index contributed by atoms with van der Waals surface area (Å²) in [5, 5.41) is 27.6. The maximum absolute atomic E-state index is 12.9. The lowest BCUT2D eigenvalue weighted by atomic mass is 9.92. The molecule has 1 unspecified atom stereocenters. The number of benzene rings is 1. The fourth-order valence-corrected chi connectivity index (χ4v) is 2.77. The average molecular weight is 450 g/mol. The highest BCUT2D eigenvalue weighted by Crippen LogP contribution is 2.07. The standard InChI is InChI=1S/C20H31BN4O7/c1-12(2)16(25-20(29)32-4)19(28)24-15(10-14-8-6-5-7-9-14)18(27)23-13(3)17(26)22-11-21(30)31/h5-9,12-13,15-16,30-31H,10-11H2,1-4H3,(H,22,26)(H,23,27)(H,24,28)(H,25,29)/t13-,15?,16-/m0/s1. The van der Waals surface area contributed by atoms with Crippen LogP contribution < -0.4 is 21.3 Å². The number of nitrogens with one attached hydrogen (secondary N) is 4. The molecule has 1 rings (SSSR count). The molecule has 0 aliphatic heterocycles. The molecule has 1 aromatic carbocycles. The number of ether oxygens (including phenoxy) is 1. The van der Waals surface area contributed by atoms with E-state index in [1.165, 1.54) is 14.0 Å². The van der Waals surface area contributed by atoms with Crippen molar-refractivity contribution in [3.05, 3.63) is 35.9 Å². The zero-order valence-corrected chi connectivity index (χ0v) is 18.6. The van der Waals surface area contributed by atoms with Crippen LogP contribution in [-0.2, 0) is 25.5 Å². The van der Waals surface area contributed by atoms with Crippen LogP contribution in [0, 0.1) is 5.92 Å². The first-order valence-corrected chi connectivity index (χ1v) is 10.2. The van der Waals surface area contributed by atoms with Gasteiger partial charge >= 0.3 is 13.2 Å². The molecule has 0 fully saturated rings. The van der Waals surface area contributed by atoms with E-state index in [4.69, 9.17) is 10.0 Å². The molecule has 0 aromatic heterocycles. The number of methoxy groups -OCH3 is 1. The summed E-state index contributed by atoms with van der Waals surface area (Å²) < 4.78 is 4.56. The van der Waals surface area contributed by atoms with E-state index in [1.54, 1.807) is 38.1 Å². The molecule has 3 atom stereocenters. The van der Waals surface area contributed by atoms with Gasteiger partial charge in [-0.2, -0.15) is 0 Å². The third-order valence-electron chi connectivity index (χ3n) is 4.53. The Morgan fingerprint density at radius 3 is 2.09 bits per heavy atom. The summed E-state index contributed by atoms with van der Waals surface area (Å²) in [6.07, 6.45) is -1.02. The normalized spacial score (nSPS) is 13.3. The first kappa shape index (κ1) is 26.9. The lowest BCUT2D eigenvalue weighted by Gasteiger charge is -2.26. The van der Waals surface area contributed by atoms with E-state index >= 15 is 0 Å². The van der Waals surface area contributed by atoms with Crippen LogP contribution in [0.4, 0.5) is 4.79 Å². The van der Waals surface area contributed by atoms with E-state index in [0.29, 0.717) is 0 Å². The van der Waals surface area contributed by atoms with Crippen LogP contribution in [0.1, 0.15) is 26.3 Å². The molecular weight excluding hydrogens is 419 g/mol. The molecule has 176 valence electrons. The van der Waals surface area contributed by atoms with Gasteiger partial charge in [0.1, 0.15) is 18.1 Å². The number of hydrogen-bond acceptors (Lipinski definition) is 7. The molecule has 0 aliphatic rings. The lowest BCUT2D eigenvalue weighted by Crippen LogP contribution is -2.58. The predicted octanol–water partition coefficient (Wildman–Crippen LogP) is -1.27. The summed E-state index contributed by atoms with van der Waals surface area (Å²) in [7, 11) is -0.541. The summed E-state index contributed by atoms with van der Waals surface area (Å²) in [4.78, 5) is 49.4. The monoisotopic (exact) mass is 450 g/mol. The smallest absolute Gasteiger partial charge is 0.453 e. The van der Waals surface area contributed by atoms with Gasteiger partial charge in [0.15, 0.2) is 0 Å². The SMILES string of the molecule is COC(=O)N[C@H](C(=O)NC(Cc1ccccc1)C(=O)N[C@@H](C)C(=O)NCB(O)O)C(C)C. The van der Waals surface area contributed by atoms with Crippen LogP contribution >= 0.6 is 0 Å². The average Bonchev–Trinajstić information content (AvgIpc) is 2.75. The molecule has 32 heavy (non-hydrogen) atoms. The number of carbonyl (C=O) groups is 4. The van der Waals surface area contributed by atoms with Crippen molar-refractivity contribution in [2.75, 3.05) is 13.6 Å². The molecular formula is C20H31BN4O7. The first-order valence-electron chi connectivity index (χ1n) is 10.2. The molecule has 0 bridgehead atoms. The van der Waals surface area contributed by atoms with E-state index in [9.17, 15) is 19.2 Å². The summed E-state index contributed by atoms with van der Waals surface area (Å²) in [5.74, 6) is -2.11. The highest BCUT2D eigenvalue weighted by molar-refractivity contribution is 6.41. The summed E-state index contributed by atoms with van der Waals surface area (Å²) in [6.45, 7) is 4.89. The second-order valence-corrected chi connectivity index (χ2v) is 7.56. The van der Waals surface area contributed by atoms with E-state index in [-0.39, 0.29) is 12.3 Å². The summed E-state index contributed by atoms with van der Waals surface area (Å²) in [6, 6.07) is 6.00. The van der Waals surface area contributed by atoms with E-state index in [2.05, 4.69) is 26.0 Å². The fourth-order valence-electron chi connectivity index (χ4n) is 2.77. The van der Waals surface area contributed by atoms with Crippen LogP contribution in [0.2, 0.25) is 0 Å². The van der Waals surface area contributed by atoms with Crippen LogP contribution in [-0.4, -0.2) is 72.7 Å². The van der Waals surface area contributed by atoms with Crippen molar-refractivity contribution in [3.8, 4) is 0 Å². The number of carbonyl (C=O) groups excluding carboxylic acids is 4. The Hall–Kier alpha value is -3.12. The van der Waals surface area contributed by atoms with Crippen molar-refractivity contribution < 1.29 is 34.0 Å². The zero-order chi connectivity index (χ0) is 24.3. The van der Waals surface area contributed by atoms with E-state index < -0.39 is 55.5 Å². The minimum Gasteiger partial charge on any atom is -0.453 e. The minimum atomic E-state index is -1.72. The number of alkyl carbamates (subject to hydrolysis) is 1. The second kappa shape index (κ2) is 13.3. The Balaban J connectivity index is 2.96. The maximum Gasteiger partial charge on any atom is 0.472 e. The van der Waals surface area contributed by atoms with Gasteiger partial charge in [0.25, 0.3) is 0 Å². The molecule has 12 heteroatoms. The number of rotatable bonds is 11. The van der Waals surface area contributed by atoms with Crippen molar-refractivity contribution in [2.45, 2.75) is 45.3 Å². The molecule has 6 N–H and O–H groups in total. The highest BCUT2D eigenvalue weighted by Gasteiger charge is 2.30. The van der Waals surface area contributed by atoms with Gasteiger partial charge in [-0.15, -0.1) is 0 Å². The van der Waals surface area contributed by atoms with Crippen LogP contribution in [0.5, 0.6) is 0 Å². The van der Waals surface area contributed by atoms with Gasteiger partial charge in [-0.25, -0.2) is 4.79 Å². The van der Waals surface area contributed by atoms with Crippen LogP contribution in [0.25, 0.3) is 0 Å². The number of hydrogen-bond donors (Lipinski definition) is 6. The zero-order valence-electron chi connectivity index (χ0n) is 18.6. The van der Waals surface area contributed by atoms with E-state index in [1.807, 2.05) is 6.07 Å². The van der Waals surface area contributed by atoms with Crippen molar-refractivity contribution in [2.24, 2.45) is 5.92 Å². The Bertz CT molecular complexity index is 776. The van der Waals surface area contributed by atoms with Gasteiger partial charge in [-0.1, -0.05) is 44.2 Å². The van der Waals surface area contributed by atoms with Gasteiger partial charge in [-0.05, 0) is 18.4 Å². The van der Waals surface area contributed by atoms with Crippen molar-refractivity contribution >= 4 is 30.9 Å². The Labute approximate surface area is 187 Å². The van der Waals surface area contributed by atoms with Gasteiger partial charge in [0.05, 0.1) is 13.6 Å². The molecule has 1 aromatic rings. The molecule has 11 nitrogen and oxygen atoms in total.